The Kier molecular flexibility index (Phi) is 6.11. The molecule has 0 radical (unpaired) electrons. The van der Waals surface area contributed by atoms with Crippen LogP contribution < -0.4 is 15.2 Å². The number of nitrogens with zero attached hydrogens (tertiary/aromatic N) is 3. The first-order chi connectivity index (χ1) is 15.1. The average Bonchev–Trinajstić information content (AvgIpc) is 2.83. The molecule has 31 heavy (non-hydrogen) atoms. The van der Waals surface area contributed by atoms with Crippen LogP contribution in [0.1, 0.15) is 35.8 Å². The van der Waals surface area contributed by atoms with Gasteiger partial charge in [-0.15, -0.1) is 0 Å². The molecular weight excluding hydrogens is 392 g/mol. The summed E-state index contributed by atoms with van der Waals surface area (Å²) in [7, 11) is 1.62. The van der Waals surface area contributed by atoms with Gasteiger partial charge in [-0.3, -0.25) is 9.59 Å². The minimum Gasteiger partial charge on any atom is -0.497 e. The van der Waals surface area contributed by atoms with Crippen LogP contribution in [-0.4, -0.2) is 40.9 Å². The molecule has 2 aromatic heterocycles. The molecule has 7 heteroatoms. The van der Waals surface area contributed by atoms with Gasteiger partial charge < -0.3 is 14.6 Å². The molecule has 1 aliphatic heterocycles. The highest BCUT2D eigenvalue weighted by Gasteiger charge is 2.26. The first-order valence-corrected chi connectivity index (χ1v) is 10.6. The summed E-state index contributed by atoms with van der Waals surface area (Å²) in [6, 6.07) is 12.7. The standard InChI is InChI=1S/C24H26N4O3/c1-3-19-14-22(29)27-24(26-19)18-6-9-21(25-15-18)28-12-10-17(11-13-28)23(30)16-4-7-20(31-2)8-5-16/h4-9,14-15,17H,3,10-13H2,1-2H3,(H,26,27,29). The first-order valence-electron chi connectivity index (χ1n) is 10.6. The van der Waals surface area contributed by atoms with Crippen molar-refractivity contribution in [3.8, 4) is 17.1 Å². The lowest BCUT2D eigenvalue weighted by molar-refractivity contribution is 0.0900. The maximum absolute atomic E-state index is 12.8. The van der Waals surface area contributed by atoms with Crippen molar-refractivity contribution in [3.63, 3.8) is 0 Å². The van der Waals surface area contributed by atoms with Gasteiger partial charge in [0.15, 0.2) is 5.78 Å². The van der Waals surface area contributed by atoms with E-state index in [4.69, 9.17) is 4.74 Å². The Hall–Kier alpha value is -3.48. The molecule has 0 unspecified atom stereocenters. The number of ether oxygens (including phenoxy) is 1. The molecule has 7 nitrogen and oxygen atoms in total. The first kappa shape index (κ1) is 20.8. The van der Waals surface area contributed by atoms with E-state index in [0.29, 0.717) is 12.2 Å². The van der Waals surface area contributed by atoms with Gasteiger partial charge in [-0.05, 0) is 55.7 Å². The predicted molar refractivity (Wildman–Crippen MR) is 120 cm³/mol. The summed E-state index contributed by atoms with van der Waals surface area (Å²) in [5.74, 6) is 2.37. The Morgan fingerprint density at radius 2 is 1.90 bits per heavy atom. The highest BCUT2D eigenvalue weighted by atomic mass is 16.5. The molecule has 0 bridgehead atoms. The number of carbonyl (C=O) groups excluding carboxylic acids is 1. The van der Waals surface area contributed by atoms with E-state index in [2.05, 4.69) is 19.9 Å². The maximum atomic E-state index is 12.8. The van der Waals surface area contributed by atoms with Crippen molar-refractivity contribution in [1.29, 1.82) is 0 Å². The van der Waals surface area contributed by atoms with E-state index in [1.54, 1.807) is 13.3 Å². The zero-order valence-electron chi connectivity index (χ0n) is 17.8. The minimum absolute atomic E-state index is 0.0231. The Balaban J connectivity index is 1.40. The number of H-pyrrole nitrogens is 1. The number of hydrogen-bond acceptors (Lipinski definition) is 6. The molecule has 1 saturated heterocycles. The van der Waals surface area contributed by atoms with Gasteiger partial charge in [-0.2, -0.15) is 0 Å². The van der Waals surface area contributed by atoms with Gasteiger partial charge in [0.05, 0.1) is 7.11 Å². The topological polar surface area (TPSA) is 88.2 Å². The number of rotatable bonds is 6. The number of aryl methyl sites for hydroxylation is 1. The lowest BCUT2D eigenvalue weighted by Gasteiger charge is -2.32. The number of methoxy groups -OCH3 is 1. The van der Waals surface area contributed by atoms with Gasteiger partial charge in [0.1, 0.15) is 17.4 Å². The fourth-order valence-corrected chi connectivity index (χ4v) is 3.90. The van der Waals surface area contributed by atoms with Crippen LogP contribution in [0.15, 0.2) is 53.5 Å². The molecule has 0 aliphatic carbocycles. The lowest BCUT2D eigenvalue weighted by atomic mass is 9.89. The van der Waals surface area contributed by atoms with Crippen LogP contribution in [-0.2, 0) is 6.42 Å². The normalized spacial score (nSPS) is 14.5. The molecule has 1 N–H and O–H groups in total. The molecule has 160 valence electrons. The summed E-state index contributed by atoms with van der Waals surface area (Å²) in [5.41, 5.74) is 2.11. The van der Waals surface area contributed by atoms with E-state index in [-0.39, 0.29) is 17.3 Å². The Bertz CT molecular complexity index is 1100. The summed E-state index contributed by atoms with van der Waals surface area (Å²) in [6.45, 7) is 3.52. The number of nitrogens with one attached hydrogen (secondary N) is 1. The molecule has 4 rings (SSSR count). The van der Waals surface area contributed by atoms with Crippen molar-refractivity contribution in [2.24, 2.45) is 5.92 Å². The van der Waals surface area contributed by atoms with Gasteiger partial charge in [0, 0.05) is 48.1 Å². The molecule has 0 atom stereocenters. The zero-order chi connectivity index (χ0) is 21.8. The van der Waals surface area contributed by atoms with Crippen molar-refractivity contribution < 1.29 is 9.53 Å². The third kappa shape index (κ3) is 4.66. The summed E-state index contributed by atoms with van der Waals surface area (Å²) in [5, 5.41) is 0. The van der Waals surface area contributed by atoms with Gasteiger partial charge >= 0.3 is 0 Å². The summed E-state index contributed by atoms with van der Waals surface area (Å²) >= 11 is 0. The lowest BCUT2D eigenvalue weighted by Crippen LogP contribution is -2.36. The largest absolute Gasteiger partial charge is 0.497 e. The Morgan fingerprint density at radius 1 is 1.16 bits per heavy atom. The molecule has 3 aromatic rings. The number of pyridine rings is 1. The number of hydrogen-bond donors (Lipinski definition) is 1. The third-order valence-corrected chi connectivity index (χ3v) is 5.74. The van der Waals surface area contributed by atoms with Crippen LogP contribution in [0.3, 0.4) is 0 Å². The molecule has 1 aliphatic rings. The van der Waals surface area contributed by atoms with E-state index in [1.807, 2.05) is 43.3 Å². The number of carbonyl (C=O) groups is 1. The van der Waals surface area contributed by atoms with Crippen LogP contribution in [0.2, 0.25) is 0 Å². The number of Topliss-reactive ketones (excluding diaryl/α,β-unsaturated/α-hetero) is 1. The fourth-order valence-electron chi connectivity index (χ4n) is 3.90. The van der Waals surface area contributed by atoms with E-state index in [0.717, 1.165) is 54.3 Å². The average molecular weight is 418 g/mol. The quantitative estimate of drug-likeness (QED) is 0.617. The molecule has 1 aromatic carbocycles. The maximum Gasteiger partial charge on any atom is 0.251 e. The van der Waals surface area contributed by atoms with Gasteiger partial charge in [-0.25, -0.2) is 9.97 Å². The Morgan fingerprint density at radius 3 is 2.52 bits per heavy atom. The van der Waals surface area contributed by atoms with Crippen LogP contribution >= 0.6 is 0 Å². The van der Waals surface area contributed by atoms with Crippen LogP contribution in [0, 0.1) is 5.92 Å². The van der Waals surface area contributed by atoms with E-state index >= 15 is 0 Å². The van der Waals surface area contributed by atoms with E-state index in [1.165, 1.54) is 6.07 Å². The van der Waals surface area contributed by atoms with E-state index in [9.17, 15) is 9.59 Å². The number of aromatic amines is 1. The summed E-state index contributed by atoms with van der Waals surface area (Å²) < 4.78 is 5.17. The molecule has 0 amide bonds. The summed E-state index contributed by atoms with van der Waals surface area (Å²) in [4.78, 5) is 38.7. The monoisotopic (exact) mass is 418 g/mol. The molecule has 1 fully saturated rings. The number of piperidine rings is 1. The molecular formula is C24H26N4O3. The smallest absolute Gasteiger partial charge is 0.251 e. The van der Waals surface area contributed by atoms with Crippen molar-refractivity contribution >= 4 is 11.6 Å². The second kappa shape index (κ2) is 9.12. The van der Waals surface area contributed by atoms with Crippen molar-refractivity contribution in [3.05, 3.63) is 70.3 Å². The number of aromatic nitrogens is 3. The van der Waals surface area contributed by atoms with Crippen LogP contribution in [0.25, 0.3) is 11.4 Å². The Labute approximate surface area is 181 Å². The SMILES string of the molecule is CCc1cc(=O)[nH]c(-c2ccc(N3CCC(C(=O)c4ccc(OC)cc4)CC3)nc2)n1. The van der Waals surface area contributed by atoms with Crippen LogP contribution in [0.5, 0.6) is 5.75 Å². The minimum atomic E-state index is -0.158. The molecule has 0 saturated carbocycles. The van der Waals surface area contributed by atoms with Crippen molar-refractivity contribution in [2.75, 3.05) is 25.1 Å². The zero-order valence-corrected chi connectivity index (χ0v) is 17.8. The highest BCUT2D eigenvalue weighted by Crippen LogP contribution is 2.26. The molecule has 0 spiro atoms. The fraction of sp³-hybridized carbons (Fsp3) is 0.333. The second-order valence-corrected chi connectivity index (χ2v) is 7.70. The highest BCUT2D eigenvalue weighted by molar-refractivity contribution is 5.98. The van der Waals surface area contributed by atoms with E-state index < -0.39 is 0 Å². The molecule has 3 heterocycles. The van der Waals surface area contributed by atoms with Crippen LogP contribution in [0.4, 0.5) is 5.82 Å². The van der Waals surface area contributed by atoms with Crippen molar-refractivity contribution in [2.45, 2.75) is 26.2 Å². The number of ketones is 1. The van der Waals surface area contributed by atoms with Gasteiger partial charge in [0.2, 0.25) is 0 Å². The van der Waals surface area contributed by atoms with Gasteiger partial charge in [-0.1, -0.05) is 6.92 Å². The number of benzene rings is 1. The number of anilines is 1. The predicted octanol–water partition coefficient (Wildman–Crippen LogP) is 3.50. The van der Waals surface area contributed by atoms with Gasteiger partial charge in [0.25, 0.3) is 5.56 Å². The van der Waals surface area contributed by atoms with Crippen molar-refractivity contribution in [1.82, 2.24) is 15.0 Å². The second-order valence-electron chi connectivity index (χ2n) is 7.70. The summed E-state index contributed by atoms with van der Waals surface area (Å²) in [6.07, 6.45) is 4.03. The third-order valence-electron chi connectivity index (χ3n) is 5.74.